The van der Waals surface area contributed by atoms with Crippen LogP contribution in [0.3, 0.4) is 0 Å². The molecule has 0 spiro atoms. The van der Waals surface area contributed by atoms with Gasteiger partial charge in [0.15, 0.2) is 0 Å². The van der Waals surface area contributed by atoms with E-state index in [0.717, 1.165) is 26.1 Å². The molecule has 0 aromatic carbocycles. The summed E-state index contributed by atoms with van der Waals surface area (Å²) in [6.45, 7) is 3.19. The van der Waals surface area contributed by atoms with E-state index in [0.29, 0.717) is 24.8 Å². The number of nitrogens with one attached hydrogen (secondary N) is 3. The van der Waals surface area contributed by atoms with E-state index in [1.807, 2.05) is 0 Å². The van der Waals surface area contributed by atoms with E-state index >= 15 is 0 Å². The van der Waals surface area contributed by atoms with Gasteiger partial charge in [-0.25, -0.2) is 4.79 Å². The van der Waals surface area contributed by atoms with Crippen molar-refractivity contribution in [1.82, 2.24) is 20.9 Å². The normalized spacial score (nSPS) is 18.1. The number of carbonyl (C=O) groups is 3. The standard InChI is InChI=1S/C15H26N4O3S/c20-13(16-6-8-19-7-2-5-17-15(19)22)10-23-11-14(21)18-9-12-3-1-4-12/h12H,1-11H2,(H,16,20)(H,17,22)(H,18,21). The molecule has 0 atom stereocenters. The van der Waals surface area contributed by atoms with Gasteiger partial charge in [-0.3, -0.25) is 9.59 Å². The van der Waals surface area contributed by atoms with Crippen molar-refractivity contribution in [2.24, 2.45) is 5.92 Å². The Labute approximate surface area is 141 Å². The molecule has 0 bridgehead atoms. The van der Waals surface area contributed by atoms with Crippen molar-refractivity contribution < 1.29 is 14.4 Å². The largest absolute Gasteiger partial charge is 0.355 e. The third kappa shape index (κ3) is 6.68. The zero-order chi connectivity index (χ0) is 16.5. The summed E-state index contributed by atoms with van der Waals surface area (Å²) in [6, 6.07) is -0.0667. The maximum Gasteiger partial charge on any atom is 0.317 e. The Morgan fingerprint density at radius 3 is 2.57 bits per heavy atom. The third-order valence-corrected chi connectivity index (χ3v) is 5.08. The molecule has 1 heterocycles. The summed E-state index contributed by atoms with van der Waals surface area (Å²) in [5, 5.41) is 8.46. The first-order chi connectivity index (χ1) is 11.1. The van der Waals surface area contributed by atoms with Crippen molar-refractivity contribution >= 4 is 29.6 Å². The number of carbonyl (C=O) groups excluding carboxylic acids is 3. The topological polar surface area (TPSA) is 90.5 Å². The van der Waals surface area contributed by atoms with E-state index in [4.69, 9.17) is 0 Å². The summed E-state index contributed by atoms with van der Waals surface area (Å²) < 4.78 is 0. The van der Waals surface area contributed by atoms with Gasteiger partial charge >= 0.3 is 6.03 Å². The Kier molecular flexibility index (Phi) is 7.51. The molecule has 2 fully saturated rings. The van der Waals surface area contributed by atoms with Gasteiger partial charge in [-0.05, 0) is 25.2 Å². The van der Waals surface area contributed by atoms with Crippen LogP contribution in [0, 0.1) is 5.92 Å². The van der Waals surface area contributed by atoms with Crippen molar-refractivity contribution in [3.05, 3.63) is 0 Å². The Morgan fingerprint density at radius 2 is 1.91 bits per heavy atom. The minimum Gasteiger partial charge on any atom is -0.355 e. The van der Waals surface area contributed by atoms with Gasteiger partial charge in [-0.1, -0.05) is 6.42 Å². The summed E-state index contributed by atoms with van der Waals surface area (Å²) >= 11 is 1.32. The van der Waals surface area contributed by atoms with Gasteiger partial charge in [0.1, 0.15) is 0 Å². The second-order valence-corrected chi connectivity index (χ2v) is 7.00. The molecule has 0 aromatic rings. The number of rotatable bonds is 9. The van der Waals surface area contributed by atoms with E-state index in [9.17, 15) is 14.4 Å². The Morgan fingerprint density at radius 1 is 1.17 bits per heavy atom. The number of amides is 4. The number of nitrogens with zero attached hydrogens (tertiary/aromatic N) is 1. The van der Waals surface area contributed by atoms with Crippen LogP contribution in [-0.4, -0.2) is 67.0 Å². The molecule has 1 saturated heterocycles. The molecule has 7 nitrogen and oxygen atoms in total. The highest BCUT2D eigenvalue weighted by molar-refractivity contribution is 8.00. The van der Waals surface area contributed by atoms with Crippen molar-refractivity contribution in [3.63, 3.8) is 0 Å². The molecule has 1 aliphatic heterocycles. The predicted molar refractivity (Wildman–Crippen MR) is 90.3 cm³/mol. The van der Waals surface area contributed by atoms with E-state index in [2.05, 4.69) is 16.0 Å². The van der Waals surface area contributed by atoms with Crippen LogP contribution in [0.5, 0.6) is 0 Å². The second-order valence-electron chi connectivity index (χ2n) is 6.02. The maximum absolute atomic E-state index is 11.7. The highest BCUT2D eigenvalue weighted by Gasteiger charge is 2.18. The molecule has 4 amide bonds. The molecule has 0 unspecified atom stereocenters. The van der Waals surface area contributed by atoms with Crippen molar-refractivity contribution in [2.75, 3.05) is 44.2 Å². The summed E-state index contributed by atoms with van der Waals surface area (Å²) in [5.74, 6) is 1.13. The van der Waals surface area contributed by atoms with Gasteiger partial charge in [0.2, 0.25) is 11.8 Å². The molecular formula is C15H26N4O3S. The number of hydrogen-bond donors (Lipinski definition) is 3. The minimum absolute atomic E-state index is 0.000289. The first kappa shape index (κ1) is 17.9. The van der Waals surface area contributed by atoms with E-state index in [1.54, 1.807) is 4.90 Å². The van der Waals surface area contributed by atoms with Crippen LogP contribution in [0.15, 0.2) is 0 Å². The first-order valence-corrected chi connectivity index (χ1v) is 9.44. The van der Waals surface area contributed by atoms with Gasteiger partial charge in [-0.2, -0.15) is 0 Å². The Hall–Kier alpha value is -1.44. The fourth-order valence-corrected chi connectivity index (χ4v) is 3.19. The summed E-state index contributed by atoms with van der Waals surface area (Å²) in [7, 11) is 0. The smallest absolute Gasteiger partial charge is 0.317 e. The molecule has 2 rings (SSSR count). The van der Waals surface area contributed by atoms with Crippen LogP contribution in [0.4, 0.5) is 4.79 Å². The van der Waals surface area contributed by atoms with Crippen molar-refractivity contribution in [3.8, 4) is 0 Å². The predicted octanol–water partition coefficient (Wildman–Crippen LogP) is 0.167. The molecule has 1 saturated carbocycles. The number of hydrogen-bond acceptors (Lipinski definition) is 4. The fraction of sp³-hybridized carbons (Fsp3) is 0.800. The fourth-order valence-electron chi connectivity index (χ4n) is 2.52. The van der Waals surface area contributed by atoms with Crippen molar-refractivity contribution in [1.29, 1.82) is 0 Å². The van der Waals surface area contributed by atoms with Crippen LogP contribution in [0.2, 0.25) is 0 Å². The molecule has 3 N–H and O–H groups in total. The Balaban J connectivity index is 1.46. The van der Waals surface area contributed by atoms with Crippen LogP contribution < -0.4 is 16.0 Å². The van der Waals surface area contributed by atoms with E-state index in [1.165, 1.54) is 31.0 Å². The van der Waals surface area contributed by atoms with Gasteiger partial charge in [0.05, 0.1) is 11.5 Å². The van der Waals surface area contributed by atoms with Gasteiger partial charge in [0, 0.05) is 32.7 Å². The van der Waals surface area contributed by atoms with Crippen LogP contribution in [0.1, 0.15) is 25.7 Å². The molecule has 8 heteroatoms. The molecule has 0 aromatic heterocycles. The zero-order valence-electron chi connectivity index (χ0n) is 13.4. The highest BCUT2D eigenvalue weighted by Crippen LogP contribution is 2.25. The van der Waals surface area contributed by atoms with Crippen LogP contribution in [-0.2, 0) is 9.59 Å². The molecule has 1 aliphatic carbocycles. The molecule has 23 heavy (non-hydrogen) atoms. The lowest BCUT2D eigenvalue weighted by Gasteiger charge is -2.27. The minimum atomic E-state index is -0.0980. The lowest BCUT2D eigenvalue weighted by atomic mass is 9.85. The third-order valence-electron chi connectivity index (χ3n) is 4.15. The lowest BCUT2D eigenvalue weighted by molar-refractivity contribution is -0.119. The lowest BCUT2D eigenvalue weighted by Crippen LogP contribution is -2.49. The van der Waals surface area contributed by atoms with Gasteiger partial charge < -0.3 is 20.9 Å². The monoisotopic (exact) mass is 342 g/mol. The number of urea groups is 1. The number of thioether (sulfide) groups is 1. The second kappa shape index (κ2) is 9.64. The van der Waals surface area contributed by atoms with Gasteiger partial charge in [0.25, 0.3) is 0 Å². The highest BCUT2D eigenvalue weighted by atomic mass is 32.2. The first-order valence-electron chi connectivity index (χ1n) is 8.29. The molecular weight excluding hydrogens is 316 g/mol. The summed E-state index contributed by atoms with van der Waals surface area (Å²) in [6.07, 6.45) is 4.63. The van der Waals surface area contributed by atoms with E-state index in [-0.39, 0.29) is 23.6 Å². The molecule has 130 valence electrons. The van der Waals surface area contributed by atoms with E-state index < -0.39 is 0 Å². The zero-order valence-corrected chi connectivity index (χ0v) is 14.3. The quantitative estimate of drug-likeness (QED) is 0.557. The van der Waals surface area contributed by atoms with Crippen LogP contribution in [0.25, 0.3) is 0 Å². The molecule has 2 aliphatic rings. The SMILES string of the molecule is O=C(CSCC(=O)NCC1CCC1)NCCN1CCCNC1=O. The maximum atomic E-state index is 11.7. The average molecular weight is 342 g/mol. The van der Waals surface area contributed by atoms with Crippen molar-refractivity contribution in [2.45, 2.75) is 25.7 Å². The van der Waals surface area contributed by atoms with Gasteiger partial charge in [-0.15, -0.1) is 11.8 Å². The average Bonchev–Trinajstić information content (AvgIpc) is 2.47. The Bertz CT molecular complexity index is 429. The summed E-state index contributed by atoms with van der Waals surface area (Å²) in [5.41, 5.74) is 0. The van der Waals surface area contributed by atoms with Crippen LogP contribution >= 0.6 is 11.8 Å². The summed E-state index contributed by atoms with van der Waals surface area (Å²) in [4.78, 5) is 36.5. The molecule has 0 radical (unpaired) electrons.